The lowest BCUT2D eigenvalue weighted by atomic mass is 9.80. The van der Waals surface area contributed by atoms with Crippen LogP contribution < -0.4 is 48.3 Å². The van der Waals surface area contributed by atoms with Crippen LogP contribution in [-0.4, -0.2) is 157 Å². The van der Waals surface area contributed by atoms with Gasteiger partial charge in [-0.05, 0) is 62.5 Å². The number of nitrogens with two attached hydrogens (primary N) is 1. The van der Waals surface area contributed by atoms with Gasteiger partial charge in [0.1, 0.15) is 36.3 Å². The van der Waals surface area contributed by atoms with E-state index < -0.39 is 144 Å². The number of carbonyl (C=O) groups is 12. The van der Waals surface area contributed by atoms with E-state index in [2.05, 4.69) is 49.8 Å². The van der Waals surface area contributed by atoms with E-state index in [1.807, 2.05) is 19.2 Å². The number of nitrogens with one attached hydrogen (secondary N) is 8. The second kappa shape index (κ2) is 31.9. The molecular weight excluding hydrogens is 1030 g/mol. The molecule has 27 heteroatoms. The molecule has 2 aromatic rings. The molecule has 7 atom stereocenters. The van der Waals surface area contributed by atoms with Crippen molar-refractivity contribution in [3.8, 4) is 0 Å². The minimum atomic E-state index is -1.70. The molecule has 0 saturated carbocycles. The van der Waals surface area contributed by atoms with Gasteiger partial charge >= 0.3 is 35.9 Å². The Bertz CT molecular complexity index is 2390. The molecule has 0 spiro atoms. The molecule has 0 unspecified atom stereocenters. The zero-order valence-corrected chi connectivity index (χ0v) is 44.1. The van der Waals surface area contributed by atoms with Crippen molar-refractivity contribution in [1.82, 2.24) is 42.5 Å². The van der Waals surface area contributed by atoms with Crippen molar-refractivity contribution >= 4 is 83.9 Å². The highest BCUT2D eigenvalue weighted by molar-refractivity contribution is 7.80. The molecule has 0 radical (unpaired) electrons. The average Bonchev–Trinajstić information content (AvgIpc) is 3.34. The number of carboxylic acid groups (broad SMARTS) is 5. The maximum Gasteiger partial charge on any atom is 0.327 e. The van der Waals surface area contributed by atoms with Crippen LogP contribution >= 0.6 is 12.6 Å². The minimum Gasteiger partial charge on any atom is -0.481 e. The van der Waals surface area contributed by atoms with Crippen molar-refractivity contribution in [3.63, 3.8) is 0 Å². The summed E-state index contributed by atoms with van der Waals surface area (Å²) in [5.41, 5.74) is 5.77. The second-order valence-electron chi connectivity index (χ2n) is 19.6. The van der Waals surface area contributed by atoms with E-state index in [-0.39, 0.29) is 50.8 Å². The van der Waals surface area contributed by atoms with Crippen LogP contribution in [0.3, 0.4) is 0 Å². The molecule has 0 fully saturated rings. The molecule has 26 nitrogen and oxygen atoms in total. The summed E-state index contributed by atoms with van der Waals surface area (Å²) >= 11 is 3.86. The van der Waals surface area contributed by atoms with E-state index in [1.165, 1.54) is 0 Å². The number of carboxylic acids is 5. The third-order valence-corrected chi connectivity index (χ3v) is 12.2. The van der Waals surface area contributed by atoms with Gasteiger partial charge in [0, 0.05) is 49.9 Å². The molecule has 2 aromatic carbocycles. The van der Waals surface area contributed by atoms with Gasteiger partial charge in [0.2, 0.25) is 35.4 Å². The van der Waals surface area contributed by atoms with Crippen LogP contribution in [-0.2, 0) is 65.6 Å². The second-order valence-corrected chi connectivity index (χ2v) is 20.0. The first kappa shape index (κ1) is 65.3. The van der Waals surface area contributed by atoms with E-state index in [4.69, 9.17) is 10.8 Å². The lowest BCUT2D eigenvalue weighted by Crippen LogP contribution is -2.56. The first-order valence-corrected chi connectivity index (χ1v) is 25.1. The molecule has 0 aliphatic carbocycles. The number of amides is 8. The van der Waals surface area contributed by atoms with E-state index in [1.54, 1.807) is 74.5 Å². The van der Waals surface area contributed by atoms with Gasteiger partial charge in [-0.2, -0.15) is 12.6 Å². The van der Waals surface area contributed by atoms with E-state index in [9.17, 15) is 78.0 Å². The predicted octanol–water partition coefficient (Wildman–Crippen LogP) is -0.324. The Morgan fingerprint density at radius 1 is 0.519 bits per heavy atom. The highest BCUT2D eigenvalue weighted by Gasteiger charge is 2.34. The fourth-order valence-electron chi connectivity index (χ4n) is 7.45. The van der Waals surface area contributed by atoms with Gasteiger partial charge in [-0.25, -0.2) is 19.2 Å². The van der Waals surface area contributed by atoms with Crippen LogP contribution in [0.1, 0.15) is 96.6 Å². The third kappa shape index (κ3) is 26.0. The zero-order chi connectivity index (χ0) is 58.0. The smallest absolute Gasteiger partial charge is 0.327 e. The lowest BCUT2D eigenvalue weighted by Gasteiger charge is -2.32. The van der Waals surface area contributed by atoms with Gasteiger partial charge in [-0.3, -0.25) is 38.4 Å². The van der Waals surface area contributed by atoms with Crippen LogP contribution in [0, 0.1) is 5.41 Å². The van der Waals surface area contributed by atoms with E-state index in [0.717, 1.165) is 0 Å². The highest BCUT2D eigenvalue weighted by Crippen LogP contribution is 2.30. The van der Waals surface area contributed by atoms with Crippen molar-refractivity contribution < 1.29 is 83.1 Å². The summed E-state index contributed by atoms with van der Waals surface area (Å²) in [5, 5.41) is 65.8. The topological polar surface area (TPSA) is 428 Å². The molecular formula is C50H71N9O17S. The SMILES string of the molecule is CC(C)(CCC(C)(C)NC(=O)CC[C@H](NC(=O)N[C@@H](CCC(=O)O)C(=O)O)C(=O)O)CC(=O)N[C@@H](Cc1ccccc1)C(=O)N[C@@H](Cc1ccccc1)C(=O)NCC[C@H](N)C(=O)N[C@@H](CC(=O)O)C(=O)N[C@@H](CS)C(=O)O. The van der Waals surface area contributed by atoms with Gasteiger partial charge in [0.15, 0.2) is 0 Å². The van der Waals surface area contributed by atoms with Gasteiger partial charge in [-0.1, -0.05) is 74.5 Å². The fraction of sp³-hybridized carbons (Fsp3) is 0.520. The van der Waals surface area contributed by atoms with Gasteiger partial charge in [0.05, 0.1) is 12.5 Å². The molecule has 0 aliphatic rings. The Hall–Kier alpha value is -7.81. The molecule has 424 valence electrons. The molecule has 15 N–H and O–H groups in total. The number of carbonyl (C=O) groups excluding carboxylic acids is 7. The third-order valence-electron chi connectivity index (χ3n) is 11.8. The number of aliphatic carboxylic acids is 5. The maximum absolute atomic E-state index is 14.2. The van der Waals surface area contributed by atoms with Gasteiger partial charge < -0.3 is 73.8 Å². The normalized spacial score (nSPS) is 14.0. The Morgan fingerprint density at radius 3 is 1.47 bits per heavy atom. The summed E-state index contributed by atoms with van der Waals surface area (Å²) in [6, 6.07) is 6.08. The van der Waals surface area contributed by atoms with Crippen LogP contribution in [0.15, 0.2) is 60.7 Å². The molecule has 0 aliphatic heterocycles. The first-order valence-electron chi connectivity index (χ1n) is 24.4. The van der Waals surface area contributed by atoms with E-state index >= 15 is 0 Å². The van der Waals surface area contributed by atoms with Crippen molar-refractivity contribution in [2.75, 3.05) is 12.3 Å². The summed E-state index contributed by atoms with van der Waals surface area (Å²) in [6.45, 7) is 6.82. The average molecular weight is 1100 g/mol. The monoisotopic (exact) mass is 1100 g/mol. The van der Waals surface area contributed by atoms with Crippen molar-refractivity contribution in [2.24, 2.45) is 11.1 Å². The Kier molecular flexibility index (Phi) is 27.1. The quantitative estimate of drug-likeness (QED) is 0.0393. The number of thiol groups is 1. The molecule has 8 amide bonds. The van der Waals surface area contributed by atoms with Gasteiger partial charge in [0.25, 0.3) is 0 Å². The maximum atomic E-state index is 14.2. The molecule has 0 aromatic heterocycles. The lowest BCUT2D eigenvalue weighted by molar-refractivity contribution is -0.143. The number of hydrogen-bond donors (Lipinski definition) is 15. The van der Waals surface area contributed by atoms with Crippen LogP contribution in [0.25, 0.3) is 0 Å². The highest BCUT2D eigenvalue weighted by atomic mass is 32.1. The Morgan fingerprint density at radius 2 is 0.987 bits per heavy atom. The molecule has 0 saturated heterocycles. The van der Waals surface area contributed by atoms with Crippen LogP contribution in [0.2, 0.25) is 0 Å². The number of rotatable bonds is 35. The molecule has 0 heterocycles. The molecule has 77 heavy (non-hydrogen) atoms. The van der Waals surface area contributed by atoms with Crippen LogP contribution in [0.5, 0.6) is 0 Å². The number of hydrogen-bond acceptors (Lipinski definition) is 14. The fourth-order valence-corrected chi connectivity index (χ4v) is 7.70. The summed E-state index contributed by atoms with van der Waals surface area (Å²) in [6.07, 6.45) is -2.29. The largest absolute Gasteiger partial charge is 0.481 e. The summed E-state index contributed by atoms with van der Waals surface area (Å²) in [7, 11) is 0. The van der Waals surface area contributed by atoms with Crippen molar-refractivity contribution in [1.29, 1.82) is 0 Å². The van der Waals surface area contributed by atoms with Crippen LogP contribution in [0.4, 0.5) is 4.79 Å². The minimum absolute atomic E-state index is 0.00729. The Balaban J connectivity index is 2.13. The summed E-state index contributed by atoms with van der Waals surface area (Å²) in [4.78, 5) is 150. The number of urea groups is 1. The summed E-state index contributed by atoms with van der Waals surface area (Å²) in [5.74, 6) is -12.1. The van der Waals surface area contributed by atoms with E-state index in [0.29, 0.717) is 24.0 Å². The number of benzene rings is 2. The van der Waals surface area contributed by atoms with Crippen molar-refractivity contribution in [3.05, 3.63) is 71.8 Å². The zero-order valence-electron chi connectivity index (χ0n) is 43.2. The standard InChI is InChI=1S/C50H71N9O17S/c1-49(2,20-21-50(3,4)59-37(60)17-15-31(45(70)71)57-48(76)58-32(46(72)73)16-18-39(62)63)26-38(61)53-34(24-29-13-9-6-10-14-29)43(68)55-33(23-28-11-7-5-8-12-28)42(67)52-22-19-30(51)41(66)54-35(25-40(64)65)44(69)56-36(27-77)47(74)75/h5-14,30-36,77H,15-27,51H2,1-4H3,(H,52,67)(H,53,61)(H,54,66)(H,55,68)(H,56,69)(H,59,60)(H,62,63)(H,64,65)(H,70,71)(H,72,73)(H,74,75)(H2,57,58,76)/t30-,31-,32-,33-,34-,35-,36-/m0/s1. The Labute approximate surface area is 449 Å². The predicted molar refractivity (Wildman–Crippen MR) is 278 cm³/mol. The first-order chi connectivity index (χ1) is 36.0. The molecule has 2 rings (SSSR count). The van der Waals surface area contributed by atoms with Gasteiger partial charge in [-0.15, -0.1) is 0 Å². The van der Waals surface area contributed by atoms with Crippen molar-refractivity contribution in [2.45, 2.75) is 146 Å². The summed E-state index contributed by atoms with van der Waals surface area (Å²) < 4.78 is 0. The molecule has 0 bridgehead atoms.